The lowest BCUT2D eigenvalue weighted by atomic mass is 10.4. The maximum absolute atomic E-state index is 5.40. The first-order chi connectivity index (χ1) is 6.91. The van der Waals surface area contributed by atoms with Gasteiger partial charge in [0.25, 0.3) is 0 Å². The van der Waals surface area contributed by atoms with E-state index < -0.39 is 0 Å². The number of unbranched alkanes of at least 4 members (excludes halogenated alkanes) is 1. The van der Waals surface area contributed by atoms with Crippen molar-refractivity contribution >= 4 is 0 Å². The molecule has 0 rings (SSSR count). The summed E-state index contributed by atoms with van der Waals surface area (Å²) in [5, 5.41) is 3.26. The molecule has 0 unspecified atom stereocenters. The van der Waals surface area contributed by atoms with E-state index in [1.807, 2.05) is 0 Å². The Bertz CT molecular complexity index is 87.3. The minimum atomic E-state index is 0.732. The molecule has 0 aliphatic rings. The lowest BCUT2D eigenvalue weighted by Gasteiger charge is -2.05. The number of ether oxygens (including phenoxy) is 2. The Kier molecular flexibility index (Phi) is 12.8. The Morgan fingerprint density at radius 2 is 1.50 bits per heavy atom. The molecule has 0 heterocycles. The molecule has 0 amide bonds. The van der Waals surface area contributed by atoms with Crippen molar-refractivity contribution in [2.45, 2.75) is 33.1 Å². The Balaban J connectivity index is 2.78. The zero-order valence-electron chi connectivity index (χ0n) is 9.68. The number of hydrogen-bond donors (Lipinski definition) is 1. The van der Waals surface area contributed by atoms with Crippen LogP contribution in [0.3, 0.4) is 0 Å². The van der Waals surface area contributed by atoms with Crippen LogP contribution in [0.15, 0.2) is 0 Å². The van der Waals surface area contributed by atoms with Crippen LogP contribution in [0.2, 0.25) is 0 Å². The topological polar surface area (TPSA) is 30.5 Å². The highest BCUT2D eigenvalue weighted by molar-refractivity contribution is 4.42. The van der Waals surface area contributed by atoms with Gasteiger partial charge in [-0.15, -0.1) is 0 Å². The fourth-order valence-corrected chi connectivity index (χ4v) is 1.04. The monoisotopic (exact) mass is 203 g/mol. The standard InChI is InChI=1S/C11H25NO2/c1-3-5-8-13-10-11-14-9-6-7-12-4-2/h12H,3-11H2,1-2H3. The van der Waals surface area contributed by atoms with E-state index in [9.17, 15) is 0 Å². The highest BCUT2D eigenvalue weighted by atomic mass is 16.5. The molecule has 0 saturated carbocycles. The molecule has 14 heavy (non-hydrogen) atoms. The van der Waals surface area contributed by atoms with Crippen LogP contribution in [0.1, 0.15) is 33.1 Å². The second-order valence-corrected chi connectivity index (χ2v) is 3.29. The maximum atomic E-state index is 5.40. The summed E-state index contributed by atoms with van der Waals surface area (Å²) in [6, 6.07) is 0. The summed E-state index contributed by atoms with van der Waals surface area (Å²) in [5.74, 6) is 0. The minimum absolute atomic E-state index is 0.732. The van der Waals surface area contributed by atoms with Crippen molar-refractivity contribution in [3.8, 4) is 0 Å². The first kappa shape index (κ1) is 13.9. The number of rotatable bonds is 11. The third kappa shape index (κ3) is 11.9. The van der Waals surface area contributed by atoms with Crippen molar-refractivity contribution in [2.24, 2.45) is 0 Å². The molecular formula is C11H25NO2. The summed E-state index contributed by atoms with van der Waals surface area (Å²) in [6.45, 7) is 9.55. The Morgan fingerprint density at radius 3 is 2.07 bits per heavy atom. The van der Waals surface area contributed by atoms with E-state index in [4.69, 9.17) is 9.47 Å². The molecule has 0 spiro atoms. The van der Waals surface area contributed by atoms with Crippen LogP contribution in [0.5, 0.6) is 0 Å². The second-order valence-electron chi connectivity index (χ2n) is 3.29. The van der Waals surface area contributed by atoms with Crippen molar-refractivity contribution in [1.29, 1.82) is 0 Å². The Morgan fingerprint density at radius 1 is 0.857 bits per heavy atom. The van der Waals surface area contributed by atoms with Crippen molar-refractivity contribution in [3.05, 3.63) is 0 Å². The van der Waals surface area contributed by atoms with E-state index in [2.05, 4.69) is 19.2 Å². The average Bonchev–Trinajstić information content (AvgIpc) is 2.21. The molecule has 0 aromatic carbocycles. The zero-order valence-corrected chi connectivity index (χ0v) is 9.68. The van der Waals surface area contributed by atoms with Crippen molar-refractivity contribution in [3.63, 3.8) is 0 Å². The molecule has 0 radical (unpaired) electrons. The summed E-state index contributed by atoms with van der Waals surface area (Å²) in [7, 11) is 0. The lowest BCUT2D eigenvalue weighted by molar-refractivity contribution is 0.0460. The molecule has 1 N–H and O–H groups in total. The summed E-state index contributed by atoms with van der Waals surface area (Å²) in [4.78, 5) is 0. The van der Waals surface area contributed by atoms with Gasteiger partial charge in [0, 0.05) is 13.2 Å². The number of hydrogen-bond acceptors (Lipinski definition) is 3. The smallest absolute Gasteiger partial charge is 0.0700 e. The van der Waals surface area contributed by atoms with Crippen molar-refractivity contribution < 1.29 is 9.47 Å². The molecule has 0 aliphatic heterocycles. The van der Waals surface area contributed by atoms with E-state index in [1.54, 1.807) is 0 Å². The van der Waals surface area contributed by atoms with E-state index in [0.29, 0.717) is 0 Å². The fourth-order valence-electron chi connectivity index (χ4n) is 1.04. The van der Waals surface area contributed by atoms with E-state index >= 15 is 0 Å². The van der Waals surface area contributed by atoms with Gasteiger partial charge in [-0.2, -0.15) is 0 Å². The first-order valence-electron chi connectivity index (χ1n) is 5.78. The molecule has 3 heteroatoms. The third-order valence-corrected chi connectivity index (χ3v) is 1.91. The van der Waals surface area contributed by atoms with E-state index in [-0.39, 0.29) is 0 Å². The summed E-state index contributed by atoms with van der Waals surface area (Å²) in [5.41, 5.74) is 0. The molecule has 0 bridgehead atoms. The molecule has 0 aliphatic carbocycles. The predicted molar refractivity (Wildman–Crippen MR) is 59.7 cm³/mol. The molecule has 86 valence electrons. The van der Waals surface area contributed by atoms with Gasteiger partial charge < -0.3 is 14.8 Å². The van der Waals surface area contributed by atoms with Gasteiger partial charge in [-0.05, 0) is 25.9 Å². The number of nitrogens with one attached hydrogen (secondary N) is 1. The summed E-state index contributed by atoms with van der Waals surface area (Å²) in [6.07, 6.45) is 3.44. The van der Waals surface area contributed by atoms with Gasteiger partial charge in [0.2, 0.25) is 0 Å². The van der Waals surface area contributed by atoms with Gasteiger partial charge in [-0.3, -0.25) is 0 Å². The van der Waals surface area contributed by atoms with Gasteiger partial charge in [-0.25, -0.2) is 0 Å². The second kappa shape index (κ2) is 12.9. The normalized spacial score (nSPS) is 10.7. The quantitative estimate of drug-likeness (QED) is 0.520. The predicted octanol–water partition coefficient (Wildman–Crippen LogP) is 1.82. The summed E-state index contributed by atoms with van der Waals surface area (Å²) < 4.78 is 10.8. The molecule has 0 saturated heterocycles. The average molecular weight is 203 g/mol. The minimum Gasteiger partial charge on any atom is -0.379 e. The zero-order chi connectivity index (χ0) is 10.5. The Labute approximate surface area is 88.2 Å². The van der Waals surface area contributed by atoms with Crippen LogP contribution in [0.4, 0.5) is 0 Å². The molecule has 0 atom stereocenters. The van der Waals surface area contributed by atoms with Gasteiger partial charge in [0.15, 0.2) is 0 Å². The maximum Gasteiger partial charge on any atom is 0.0700 e. The highest BCUT2D eigenvalue weighted by Gasteiger charge is 1.90. The van der Waals surface area contributed by atoms with Crippen molar-refractivity contribution in [2.75, 3.05) is 39.5 Å². The van der Waals surface area contributed by atoms with Crippen LogP contribution >= 0.6 is 0 Å². The van der Waals surface area contributed by atoms with Gasteiger partial charge in [-0.1, -0.05) is 20.3 Å². The van der Waals surface area contributed by atoms with Crippen LogP contribution in [-0.4, -0.2) is 39.5 Å². The highest BCUT2D eigenvalue weighted by Crippen LogP contribution is 1.88. The molecule has 3 nitrogen and oxygen atoms in total. The largest absolute Gasteiger partial charge is 0.379 e. The summed E-state index contributed by atoms with van der Waals surface area (Å²) >= 11 is 0. The molecule has 0 aromatic heterocycles. The van der Waals surface area contributed by atoms with Crippen LogP contribution in [-0.2, 0) is 9.47 Å². The molecular weight excluding hydrogens is 178 g/mol. The molecule has 0 fully saturated rings. The van der Waals surface area contributed by atoms with Crippen LogP contribution < -0.4 is 5.32 Å². The fraction of sp³-hybridized carbons (Fsp3) is 1.00. The van der Waals surface area contributed by atoms with Crippen LogP contribution in [0.25, 0.3) is 0 Å². The van der Waals surface area contributed by atoms with E-state index in [1.165, 1.54) is 6.42 Å². The van der Waals surface area contributed by atoms with Crippen LogP contribution in [0, 0.1) is 0 Å². The first-order valence-corrected chi connectivity index (χ1v) is 5.78. The van der Waals surface area contributed by atoms with Gasteiger partial charge >= 0.3 is 0 Å². The van der Waals surface area contributed by atoms with Gasteiger partial charge in [0.1, 0.15) is 0 Å². The van der Waals surface area contributed by atoms with E-state index in [0.717, 1.165) is 52.4 Å². The van der Waals surface area contributed by atoms with Crippen molar-refractivity contribution in [1.82, 2.24) is 5.32 Å². The Hall–Kier alpha value is -0.120. The SMILES string of the molecule is CCCCOCCOCCCNCC. The van der Waals surface area contributed by atoms with Gasteiger partial charge in [0.05, 0.1) is 13.2 Å². The lowest BCUT2D eigenvalue weighted by Crippen LogP contribution is -2.16. The molecule has 0 aromatic rings. The third-order valence-electron chi connectivity index (χ3n) is 1.91.